The van der Waals surface area contributed by atoms with Crippen molar-refractivity contribution in [3.8, 4) is 11.5 Å². The Labute approximate surface area is 204 Å². The summed E-state index contributed by atoms with van der Waals surface area (Å²) < 4.78 is 21.7. The lowest BCUT2D eigenvalue weighted by Gasteiger charge is -2.45. The van der Waals surface area contributed by atoms with Crippen LogP contribution < -0.4 is 14.9 Å². The van der Waals surface area contributed by atoms with Gasteiger partial charge in [-0.3, -0.25) is 15.0 Å². The largest absolute Gasteiger partial charge is 0.466 e. The molecule has 4 rings (SSSR count). The average molecular weight is 483 g/mol. The number of carbonyl (C=O) groups is 2. The number of nitrogens with one attached hydrogen (secondary N) is 1. The Morgan fingerprint density at radius 2 is 1.74 bits per heavy atom. The average Bonchev–Trinajstić information content (AvgIpc) is 3.30. The van der Waals surface area contributed by atoms with E-state index in [-0.39, 0.29) is 26.4 Å². The summed E-state index contributed by atoms with van der Waals surface area (Å²) in [4.78, 5) is 26.6. The molecule has 0 spiro atoms. The molecule has 1 heterocycles. The third-order valence-corrected chi connectivity index (χ3v) is 6.25. The Balaban J connectivity index is 1.84. The number of rotatable bonds is 7. The predicted molar refractivity (Wildman–Crippen MR) is 128 cm³/mol. The van der Waals surface area contributed by atoms with Crippen LogP contribution in [0.2, 0.25) is 0 Å². The van der Waals surface area contributed by atoms with E-state index in [1.165, 1.54) is 0 Å². The van der Waals surface area contributed by atoms with Gasteiger partial charge >= 0.3 is 11.9 Å². The Morgan fingerprint density at radius 3 is 2.46 bits per heavy atom. The van der Waals surface area contributed by atoms with Gasteiger partial charge in [0.05, 0.1) is 36.1 Å². The van der Waals surface area contributed by atoms with Gasteiger partial charge < -0.3 is 24.1 Å². The fraction of sp³-hybridized carbons (Fsp3) is 0.423. The highest BCUT2D eigenvalue weighted by Crippen LogP contribution is 2.49. The van der Waals surface area contributed by atoms with Gasteiger partial charge in [-0.1, -0.05) is 24.3 Å². The highest BCUT2D eigenvalue weighted by atomic mass is 16.7. The highest BCUT2D eigenvalue weighted by Gasteiger charge is 2.56. The van der Waals surface area contributed by atoms with E-state index in [0.717, 1.165) is 5.69 Å². The van der Waals surface area contributed by atoms with E-state index < -0.39 is 35.3 Å². The number of hydrogen-bond acceptors (Lipinski definition) is 9. The van der Waals surface area contributed by atoms with Crippen molar-refractivity contribution in [2.75, 3.05) is 25.4 Å². The molecule has 4 atom stereocenters. The number of nitrogens with zero attached hydrogens (tertiary/aromatic N) is 1. The van der Waals surface area contributed by atoms with Gasteiger partial charge in [0.25, 0.3) is 0 Å². The van der Waals surface area contributed by atoms with Crippen LogP contribution in [-0.4, -0.2) is 48.4 Å². The molecular weight excluding hydrogens is 452 g/mol. The maximum atomic E-state index is 13.4. The van der Waals surface area contributed by atoms with Crippen molar-refractivity contribution >= 4 is 23.3 Å². The van der Waals surface area contributed by atoms with E-state index in [2.05, 4.69) is 10.5 Å². The number of para-hydroxylation sites is 1. The lowest BCUT2D eigenvalue weighted by molar-refractivity contribution is -0.163. The van der Waals surface area contributed by atoms with Gasteiger partial charge in [0, 0.05) is 12.3 Å². The minimum Gasteiger partial charge on any atom is -0.466 e. The van der Waals surface area contributed by atoms with Crippen LogP contribution in [0.4, 0.5) is 5.69 Å². The number of aliphatic hydroxyl groups is 1. The van der Waals surface area contributed by atoms with Crippen LogP contribution in [-0.2, 0) is 19.1 Å². The Morgan fingerprint density at radius 1 is 1.06 bits per heavy atom. The molecule has 0 unspecified atom stereocenters. The summed E-state index contributed by atoms with van der Waals surface area (Å²) in [7, 11) is 0. The number of fused-ring (bicyclic) bond motifs is 1. The smallest absolute Gasteiger partial charge is 0.315 e. The van der Waals surface area contributed by atoms with Crippen LogP contribution in [0, 0.1) is 11.8 Å². The number of hydrazone groups is 1. The van der Waals surface area contributed by atoms with Crippen molar-refractivity contribution < 1.29 is 33.6 Å². The van der Waals surface area contributed by atoms with Crippen molar-refractivity contribution in [2.45, 2.75) is 38.7 Å². The van der Waals surface area contributed by atoms with Crippen molar-refractivity contribution in [3.63, 3.8) is 0 Å². The molecule has 0 bridgehead atoms. The zero-order valence-corrected chi connectivity index (χ0v) is 20.0. The van der Waals surface area contributed by atoms with Gasteiger partial charge in [-0.15, -0.1) is 0 Å². The number of benzene rings is 2. The first-order valence-corrected chi connectivity index (χ1v) is 11.7. The van der Waals surface area contributed by atoms with Gasteiger partial charge in [0.15, 0.2) is 11.5 Å². The van der Waals surface area contributed by atoms with Crippen LogP contribution in [0.3, 0.4) is 0 Å². The number of hydrogen-bond donors (Lipinski definition) is 2. The van der Waals surface area contributed by atoms with Gasteiger partial charge in [-0.25, -0.2) is 0 Å². The molecule has 9 nitrogen and oxygen atoms in total. The number of carbonyl (C=O) groups excluding carboxylic acids is 2. The molecule has 2 aliphatic rings. The monoisotopic (exact) mass is 482 g/mol. The van der Waals surface area contributed by atoms with Crippen molar-refractivity contribution in [3.05, 3.63) is 54.1 Å². The third-order valence-electron chi connectivity index (χ3n) is 6.25. The minimum absolute atomic E-state index is 0.0269. The Kier molecular flexibility index (Phi) is 7.25. The number of anilines is 1. The first-order valence-electron chi connectivity index (χ1n) is 11.7. The molecule has 0 amide bonds. The Bertz CT molecular complexity index is 1100. The third kappa shape index (κ3) is 5.09. The summed E-state index contributed by atoms with van der Waals surface area (Å²) in [5, 5.41) is 16.1. The van der Waals surface area contributed by atoms with Crippen LogP contribution in [0.5, 0.6) is 11.5 Å². The molecule has 186 valence electrons. The predicted octanol–water partition coefficient (Wildman–Crippen LogP) is 3.48. The van der Waals surface area contributed by atoms with Crippen molar-refractivity contribution in [2.24, 2.45) is 16.9 Å². The summed E-state index contributed by atoms with van der Waals surface area (Å²) in [5.74, 6) is -2.87. The molecule has 1 saturated carbocycles. The number of esters is 2. The van der Waals surface area contributed by atoms with E-state index in [9.17, 15) is 14.7 Å². The second kappa shape index (κ2) is 10.4. The fourth-order valence-corrected chi connectivity index (χ4v) is 4.78. The molecule has 1 fully saturated rings. The van der Waals surface area contributed by atoms with E-state index in [4.69, 9.17) is 18.9 Å². The summed E-state index contributed by atoms with van der Waals surface area (Å²) in [5.41, 5.74) is 3.12. The first-order chi connectivity index (χ1) is 16.9. The van der Waals surface area contributed by atoms with Crippen LogP contribution in [0.25, 0.3) is 0 Å². The van der Waals surface area contributed by atoms with E-state index in [1.54, 1.807) is 39.0 Å². The molecule has 0 aromatic heterocycles. The molecule has 2 aromatic carbocycles. The second-order valence-electron chi connectivity index (χ2n) is 8.71. The summed E-state index contributed by atoms with van der Waals surface area (Å²) in [6.07, 6.45) is -0.0269. The van der Waals surface area contributed by atoms with Crippen molar-refractivity contribution in [1.82, 2.24) is 0 Å². The van der Waals surface area contributed by atoms with Gasteiger partial charge in [0.2, 0.25) is 6.79 Å². The van der Waals surface area contributed by atoms with Crippen LogP contribution in [0.15, 0.2) is 53.6 Å². The van der Waals surface area contributed by atoms with E-state index >= 15 is 0 Å². The minimum atomic E-state index is -1.55. The second-order valence-corrected chi connectivity index (χ2v) is 8.71. The molecule has 1 aliphatic carbocycles. The SMILES string of the molecule is CCOC(=O)[C@@H]1/C(=N/Nc2ccccc2)C[C@](C)(O)[C@H](C(=O)OCC)[C@H]1c1ccc2c(c1)OCO2. The molecular formula is C26H30N2O7. The zero-order valence-electron chi connectivity index (χ0n) is 20.0. The van der Waals surface area contributed by atoms with Gasteiger partial charge in [-0.05, 0) is 50.6 Å². The first kappa shape index (κ1) is 24.5. The van der Waals surface area contributed by atoms with Gasteiger partial charge in [0.1, 0.15) is 5.92 Å². The molecule has 1 aliphatic heterocycles. The summed E-state index contributed by atoms with van der Waals surface area (Å²) >= 11 is 0. The van der Waals surface area contributed by atoms with Crippen LogP contribution in [0.1, 0.15) is 38.7 Å². The van der Waals surface area contributed by atoms with E-state index in [0.29, 0.717) is 22.8 Å². The molecule has 9 heteroatoms. The highest BCUT2D eigenvalue weighted by molar-refractivity contribution is 6.06. The maximum Gasteiger partial charge on any atom is 0.315 e. The normalized spacial score (nSPS) is 26.3. The molecule has 35 heavy (non-hydrogen) atoms. The topological polar surface area (TPSA) is 116 Å². The lowest BCUT2D eigenvalue weighted by atomic mass is 9.61. The summed E-state index contributed by atoms with van der Waals surface area (Å²) in [6.45, 7) is 5.35. The zero-order chi connectivity index (χ0) is 25.0. The number of ether oxygens (including phenoxy) is 4. The molecule has 2 aromatic rings. The molecule has 0 saturated heterocycles. The van der Waals surface area contributed by atoms with Gasteiger partial charge in [-0.2, -0.15) is 5.10 Å². The molecule has 0 radical (unpaired) electrons. The van der Waals surface area contributed by atoms with Crippen molar-refractivity contribution in [1.29, 1.82) is 0 Å². The standard InChI is InChI=1S/C26H30N2O7/c1-4-32-24(29)22-18(28-27-17-9-7-6-8-10-17)14-26(3,31)23(25(30)33-5-2)21(22)16-11-12-19-20(13-16)35-15-34-19/h6-13,21-23,27,31H,4-5,14-15H2,1-3H3/b28-18+/t21-,22+,23-,26-/m0/s1. The maximum absolute atomic E-state index is 13.4. The molecule has 2 N–H and O–H groups in total. The summed E-state index contributed by atoms with van der Waals surface area (Å²) in [6, 6.07) is 14.5. The quantitative estimate of drug-likeness (QED) is 0.455. The van der Waals surface area contributed by atoms with E-state index in [1.807, 2.05) is 30.3 Å². The van der Waals surface area contributed by atoms with Crippen LogP contribution >= 0.6 is 0 Å². The lowest BCUT2D eigenvalue weighted by Crippen LogP contribution is -2.55. The Hall–Kier alpha value is -3.59. The fourth-order valence-electron chi connectivity index (χ4n) is 4.78.